The smallest absolute Gasteiger partial charge is 0.365 e. The van der Waals surface area contributed by atoms with Crippen LogP contribution >= 0.6 is 23.4 Å². The summed E-state index contributed by atoms with van der Waals surface area (Å²) < 4.78 is 17.8. The number of hydrogen-bond donors (Lipinski definition) is 0. The molecule has 0 aliphatic rings. The first-order valence-corrected chi connectivity index (χ1v) is 8.95. The van der Waals surface area contributed by atoms with Gasteiger partial charge in [0.2, 0.25) is 0 Å². The number of rotatable bonds is 8. The zero-order valence-corrected chi connectivity index (χ0v) is 12.5. The van der Waals surface area contributed by atoms with E-state index in [1.54, 1.807) is 0 Å². The van der Waals surface area contributed by atoms with E-state index in [4.69, 9.17) is 25.5 Å². The third-order valence-corrected chi connectivity index (χ3v) is 7.72. The van der Waals surface area contributed by atoms with E-state index in [1.807, 2.05) is 27.7 Å². The van der Waals surface area contributed by atoms with Crippen LogP contribution in [-0.4, -0.2) is 32.0 Å². The molecule has 3 nitrogen and oxygen atoms in total. The lowest BCUT2D eigenvalue weighted by Gasteiger charge is -2.27. The molecule has 0 aliphatic heterocycles. The van der Waals surface area contributed by atoms with Gasteiger partial charge in [-0.1, -0.05) is 30.4 Å². The summed E-state index contributed by atoms with van der Waals surface area (Å²) >= 11 is 6.67. The number of thiocarbonyl (C=S) groups is 1. The van der Waals surface area contributed by atoms with Crippen LogP contribution in [0.15, 0.2) is 0 Å². The van der Waals surface area contributed by atoms with Crippen molar-refractivity contribution in [1.29, 1.82) is 0 Å². The molecule has 0 radical (unpaired) electrons. The molecule has 0 rings (SSSR count). The van der Waals surface area contributed by atoms with Crippen LogP contribution < -0.4 is 0 Å². The van der Waals surface area contributed by atoms with Crippen molar-refractivity contribution in [3.8, 4) is 0 Å². The summed E-state index contributed by atoms with van der Waals surface area (Å²) in [5.74, 6) is 0. The molecule has 0 saturated heterocycles. The topological polar surface area (TPSA) is 27.7 Å². The first kappa shape index (κ1) is 15.5. The fourth-order valence-corrected chi connectivity index (χ4v) is 6.64. The summed E-state index contributed by atoms with van der Waals surface area (Å²) in [7, 11) is -2.60. The van der Waals surface area contributed by atoms with Gasteiger partial charge in [0, 0.05) is 24.0 Å². The lowest BCUT2D eigenvalue weighted by Crippen LogP contribution is -2.43. The van der Waals surface area contributed by atoms with Gasteiger partial charge in [0.15, 0.2) is 0 Å². The van der Waals surface area contributed by atoms with Crippen LogP contribution in [0.5, 0.6) is 0 Å². The fourth-order valence-electron chi connectivity index (χ4n) is 0.955. The standard InChI is InChI=1S/C9H20O3S2Si/c1-5-9(13)14-15(10-6-2,11-7-3)12-8-4/h5-8H2,1-4H3. The van der Waals surface area contributed by atoms with Gasteiger partial charge in [-0.2, -0.15) is 0 Å². The molecule has 0 fully saturated rings. The highest BCUT2D eigenvalue weighted by molar-refractivity contribution is 8.42. The van der Waals surface area contributed by atoms with E-state index in [-0.39, 0.29) is 0 Å². The first-order chi connectivity index (χ1) is 7.14. The molecule has 0 aromatic heterocycles. The predicted molar refractivity (Wildman–Crippen MR) is 71.1 cm³/mol. The van der Waals surface area contributed by atoms with Crippen LogP contribution in [0.3, 0.4) is 0 Å². The summed E-state index contributed by atoms with van der Waals surface area (Å²) in [6, 6.07) is 0. The SMILES string of the molecule is CCO[Si](OCC)(OCC)SC(=S)CC. The van der Waals surface area contributed by atoms with Crippen molar-refractivity contribution in [3.05, 3.63) is 0 Å². The van der Waals surface area contributed by atoms with E-state index in [9.17, 15) is 0 Å². The Morgan fingerprint density at radius 1 is 1.00 bits per heavy atom. The van der Waals surface area contributed by atoms with E-state index in [2.05, 4.69) is 0 Å². The predicted octanol–water partition coefficient (Wildman–Crippen LogP) is 3.00. The van der Waals surface area contributed by atoms with Gasteiger partial charge >= 0.3 is 7.95 Å². The van der Waals surface area contributed by atoms with Gasteiger partial charge in [0.05, 0.1) is 0 Å². The maximum atomic E-state index is 5.65. The van der Waals surface area contributed by atoms with Crippen LogP contribution in [0.2, 0.25) is 0 Å². The van der Waals surface area contributed by atoms with Gasteiger partial charge in [0.1, 0.15) is 0 Å². The van der Waals surface area contributed by atoms with Crippen LogP contribution in [0.1, 0.15) is 34.1 Å². The first-order valence-electron chi connectivity index (χ1n) is 5.27. The molecule has 0 aromatic rings. The van der Waals surface area contributed by atoms with Crippen molar-refractivity contribution in [2.24, 2.45) is 0 Å². The van der Waals surface area contributed by atoms with Gasteiger partial charge in [-0.05, 0) is 27.2 Å². The highest BCUT2D eigenvalue weighted by Crippen LogP contribution is 2.27. The third kappa shape index (κ3) is 5.99. The highest BCUT2D eigenvalue weighted by atomic mass is 32.4. The highest BCUT2D eigenvalue weighted by Gasteiger charge is 2.43. The van der Waals surface area contributed by atoms with Crippen molar-refractivity contribution in [3.63, 3.8) is 0 Å². The maximum absolute atomic E-state index is 5.65. The second-order valence-corrected chi connectivity index (χ2v) is 8.05. The monoisotopic (exact) mass is 268 g/mol. The zero-order valence-electron chi connectivity index (χ0n) is 9.87. The van der Waals surface area contributed by atoms with Gasteiger partial charge in [-0.25, -0.2) is 0 Å². The second-order valence-electron chi connectivity index (χ2n) is 2.63. The molecular formula is C9H20O3S2Si. The summed E-state index contributed by atoms with van der Waals surface area (Å²) in [4.78, 5) is 0. The minimum absolute atomic E-state index is 0.589. The second kappa shape index (κ2) is 8.66. The van der Waals surface area contributed by atoms with Crippen LogP contribution in [0.4, 0.5) is 0 Å². The summed E-state index contributed by atoms with van der Waals surface area (Å²) in [5, 5.41) is 0. The summed E-state index contributed by atoms with van der Waals surface area (Å²) in [5.41, 5.74) is 0. The molecule has 0 heterocycles. The Morgan fingerprint density at radius 2 is 1.40 bits per heavy atom. The van der Waals surface area contributed by atoms with Crippen LogP contribution in [0, 0.1) is 0 Å². The van der Waals surface area contributed by atoms with E-state index < -0.39 is 7.95 Å². The lowest BCUT2D eigenvalue weighted by atomic mass is 10.6. The van der Waals surface area contributed by atoms with Crippen molar-refractivity contribution in [2.45, 2.75) is 34.1 Å². The van der Waals surface area contributed by atoms with Crippen molar-refractivity contribution in [1.82, 2.24) is 0 Å². The molecule has 0 saturated carbocycles. The zero-order chi connectivity index (χ0) is 11.7. The minimum atomic E-state index is -2.60. The molecule has 0 aliphatic carbocycles. The van der Waals surface area contributed by atoms with E-state index in [0.717, 1.165) is 10.6 Å². The Labute approximate surface area is 103 Å². The van der Waals surface area contributed by atoms with Crippen LogP contribution in [-0.2, 0) is 13.3 Å². The Morgan fingerprint density at radius 3 is 1.67 bits per heavy atom. The fraction of sp³-hybridized carbons (Fsp3) is 0.889. The Bertz CT molecular complexity index is 173. The lowest BCUT2D eigenvalue weighted by molar-refractivity contribution is 0.0970. The molecule has 0 atom stereocenters. The van der Waals surface area contributed by atoms with Crippen molar-refractivity contribution in [2.75, 3.05) is 19.8 Å². The molecule has 0 bridgehead atoms. The van der Waals surface area contributed by atoms with Crippen LogP contribution in [0.25, 0.3) is 0 Å². The molecule has 0 N–H and O–H groups in total. The van der Waals surface area contributed by atoms with Gasteiger partial charge in [0.25, 0.3) is 0 Å². The van der Waals surface area contributed by atoms with Gasteiger partial charge in [-0.3, -0.25) is 0 Å². The molecule has 0 amide bonds. The Kier molecular flexibility index (Phi) is 8.97. The molecule has 0 aromatic carbocycles. The van der Waals surface area contributed by atoms with Gasteiger partial charge in [-0.15, -0.1) is 0 Å². The molecular weight excluding hydrogens is 248 g/mol. The molecule has 0 spiro atoms. The summed E-state index contributed by atoms with van der Waals surface area (Å²) in [6.45, 7) is 9.61. The molecule has 15 heavy (non-hydrogen) atoms. The average molecular weight is 268 g/mol. The quantitative estimate of drug-likeness (QED) is 0.498. The average Bonchev–Trinajstić information content (AvgIpc) is 2.18. The molecule has 90 valence electrons. The molecule has 0 unspecified atom stereocenters. The maximum Gasteiger partial charge on any atom is 0.578 e. The van der Waals surface area contributed by atoms with E-state index in [0.29, 0.717) is 19.8 Å². The Hall–Kier alpha value is 0.537. The van der Waals surface area contributed by atoms with E-state index >= 15 is 0 Å². The number of hydrogen-bond acceptors (Lipinski definition) is 5. The largest absolute Gasteiger partial charge is 0.578 e. The van der Waals surface area contributed by atoms with Crippen molar-refractivity contribution >= 4 is 35.6 Å². The molecule has 6 heteroatoms. The third-order valence-electron chi connectivity index (χ3n) is 1.49. The van der Waals surface area contributed by atoms with Gasteiger partial charge < -0.3 is 13.3 Å². The van der Waals surface area contributed by atoms with Crippen molar-refractivity contribution < 1.29 is 13.3 Å². The normalized spacial score (nSPS) is 11.7. The minimum Gasteiger partial charge on any atom is -0.365 e. The summed E-state index contributed by atoms with van der Waals surface area (Å²) in [6.07, 6.45) is 0.835. The Balaban J connectivity index is 4.51. The van der Waals surface area contributed by atoms with E-state index in [1.165, 1.54) is 11.2 Å².